The van der Waals surface area contributed by atoms with E-state index in [-0.39, 0.29) is 30.6 Å². The molecule has 1 N–H and O–H groups in total. The van der Waals surface area contributed by atoms with Gasteiger partial charge in [0, 0.05) is 18.9 Å². The van der Waals surface area contributed by atoms with Crippen LogP contribution in [0.25, 0.3) is 0 Å². The number of Topliss-reactive ketones (excluding diaryl/α,β-unsaturated/α-hetero) is 1. The molecular weight excluding hydrogens is 318 g/mol. The molecular formula is C17H22ClNO2S. The van der Waals surface area contributed by atoms with E-state index in [0.29, 0.717) is 15.1 Å². The van der Waals surface area contributed by atoms with Crippen LogP contribution in [0.5, 0.6) is 0 Å². The number of rotatable bonds is 6. The maximum absolute atomic E-state index is 12.1. The molecule has 2 saturated carbocycles. The Morgan fingerprint density at radius 2 is 2.14 bits per heavy atom. The maximum Gasteiger partial charge on any atom is 0.220 e. The van der Waals surface area contributed by atoms with Crippen LogP contribution in [0.4, 0.5) is 0 Å². The summed E-state index contributed by atoms with van der Waals surface area (Å²) in [5, 5.41) is 3.10. The average molecular weight is 340 g/mol. The van der Waals surface area contributed by atoms with Crippen LogP contribution in [0.15, 0.2) is 12.1 Å². The minimum Gasteiger partial charge on any atom is -0.353 e. The number of carbonyl (C=O) groups is 2. The van der Waals surface area contributed by atoms with Crippen LogP contribution >= 0.6 is 22.9 Å². The molecule has 0 aromatic carbocycles. The topological polar surface area (TPSA) is 46.2 Å². The molecule has 2 fully saturated rings. The second-order valence-electron chi connectivity index (χ2n) is 6.72. The van der Waals surface area contributed by atoms with Crippen molar-refractivity contribution in [3.8, 4) is 0 Å². The Kier molecular flexibility index (Phi) is 4.88. The van der Waals surface area contributed by atoms with E-state index < -0.39 is 0 Å². The lowest BCUT2D eigenvalue weighted by Crippen LogP contribution is -2.40. The van der Waals surface area contributed by atoms with Gasteiger partial charge in [0.15, 0.2) is 5.78 Å². The zero-order valence-electron chi connectivity index (χ0n) is 12.8. The number of hydrogen-bond acceptors (Lipinski definition) is 3. The van der Waals surface area contributed by atoms with Crippen LogP contribution in [0.3, 0.4) is 0 Å². The SMILES string of the molecule is C[C@@H](NC(=O)CCC(=O)c1ccc(Cl)s1)[C@@H]1C[C@H]2CC[C@H]1C2. The molecule has 0 radical (unpaired) electrons. The average Bonchev–Trinajstić information content (AvgIpc) is 3.20. The summed E-state index contributed by atoms with van der Waals surface area (Å²) in [6, 6.07) is 3.68. The van der Waals surface area contributed by atoms with E-state index >= 15 is 0 Å². The lowest BCUT2D eigenvalue weighted by molar-refractivity contribution is -0.122. The minimum absolute atomic E-state index is 0.000346. The van der Waals surface area contributed by atoms with Gasteiger partial charge in [-0.2, -0.15) is 0 Å². The Morgan fingerprint density at radius 3 is 2.73 bits per heavy atom. The summed E-state index contributed by atoms with van der Waals surface area (Å²) in [6.45, 7) is 2.12. The largest absolute Gasteiger partial charge is 0.353 e. The molecule has 120 valence electrons. The van der Waals surface area contributed by atoms with Crippen molar-refractivity contribution in [2.24, 2.45) is 17.8 Å². The van der Waals surface area contributed by atoms with Crippen molar-refractivity contribution in [3.05, 3.63) is 21.3 Å². The number of hydrogen-bond donors (Lipinski definition) is 1. The first-order chi connectivity index (χ1) is 10.5. The molecule has 1 aromatic heterocycles. The Balaban J connectivity index is 1.43. The van der Waals surface area contributed by atoms with E-state index in [2.05, 4.69) is 12.2 Å². The Morgan fingerprint density at radius 1 is 1.32 bits per heavy atom. The van der Waals surface area contributed by atoms with E-state index in [1.54, 1.807) is 12.1 Å². The monoisotopic (exact) mass is 339 g/mol. The summed E-state index contributed by atoms with van der Waals surface area (Å²) < 4.78 is 0.609. The molecule has 0 spiro atoms. The van der Waals surface area contributed by atoms with E-state index in [9.17, 15) is 9.59 Å². The predicted molar refractivity (Wildman–Crippen MR) is 89.4 cm³/mol. The number of halogens is 1. The quantitative estimate of drug-likeness (QED) is 0.785. The van der Waals surface area contributed by atoms with Crippen LogP contribution in [0.2, 0.25) is 4.34 Å². The molecule has 22 heavy (non-hydrogen) atoms. The van der Waals surface area contributed by atoms with E-state index in [1.165, 1.54) is 37.0 Å². The van der Waals surface area contributed by atoms with E-state index in [1.807, 2.05) is 0 Å². The highest BCUT2D eigenvalue weighted by Crippen LogP contribution is 2.49. The molecule has 3 rings (SSSR count). The van der Waals surface area contributed by atoms with Gasteiger partial charge < -0.3 is 5.32 Å². The van der Waals surface area contributed by atoms with Gasteiger partial charge in [-0.15, -0.1) is 11.3 Å². The molecule has 0 unspecified atom stereocenters. The molecule has 5 heteroatoms. The van der Waals surface area contributed by atoms with Gasteiger partial charge in [0.1, 0.15) is 0 Å². The highest BCUT2D eigenvalue weighted by Gasteiger charge is 2.42. The number of thiophene rings is 1. The van der Waals surface area contributed by atoms with Gasteiger partial charge in [0.25, 0.3) is 0 Å². The Labute approximate surface area is 140 Å². The van der Waals surface area contributed by atoms with Crippen molar-refractivity contribution in [1.82, 2.24) is 5.32 Å². The molecule has 0 saturated heterocycles. The van der Waals surface area contributed by atoms with Gasteiger partial charge in [-0.25, -0.2) is 0 Å². The molecule has 2 aliphatic rings. The third-order valence-electron chi connectivity index (χ3n) is 5.25. The van der Waals surface area contributed by atoms with Crippen LogP contribution in [-0.2, 0) is 4.79 Å². The lowest BCUT2D eigenvalue weighted by atomic mass is 9.84. The van der Waals surface area contributed by atoms with Gasteiger partial charge >= 0.3 is 0 Å². The van der Waals surface area contributed by atoms with Crippen LogP contribution in [-0.4, -0.2) is 17.7 Å². The van der Waals surface area contributed by atoms with E-state index in [4.69, 9.17) is 11.6 Å². The smallest absolute Gasteiger partial charge is 0.220 e. The number of ketones is 1. The summed E-state index contributed by atoms with van der Waals surface area (Å²) in [5.41, 5.74) is 0. The van der Waals surface area contributed by atoms with Gasteiger partial charge in [0.05, 0.1) is 9.21 Å². The van der Waals surface area contributed by atoms with Gasteiger partial charge in [0.2, 0.25) is 5.91 Å². The zero-order chi connectivity index (χ0) is 15.7. The summed E-state index contributed by atoms with van der Waals surface area (Å²) >= 11 is 7.10. The fourth-order valence-corrected chi connectivity index (χ4v) is 5.16. The summed E-state index contributed by atoms with van der Waals surface area (Å²) in [6.07, 6.45) is 5.83. The molecule has 1 amide bonds. The maximum atomic E-state index is 12.1. The first-order valence-electron chi connectivity index (χ1n) is 8.11. The normalized spacial score (nSPS) is 27.8. The number of carbonyl (C=O) groups excluding carboxylic acids is 2. The fraction of sp³-hybridized carbons (Fsp3) is 0.647. The molecule has 3 nitrogen and oxygen atoms in total. The lowest BCUT2D eigenvalue weighted by Gasteiger charge is -2.28. The van der Waals surface area contributed by atoms with Gasteiger partial charge in [-0.05, 0) is 56.1 Å². The van der Waals surface area contributed by atoms with Crippen molar-refractivity contribution in [2.45, 2.75) is 51.5 Å². The third-order valence-corrected chi connectivity index (χ3v) is 6.52. The highest BCUT2D eigenvalue weighted by atomic mass is 35.5. The zero-order valence-corrected chi connectivity index (χ0v) is 14.4. The third kappa shape index (κ3) is 3.54. The number of nitrogens with one attached hydrogen (secondary N) is 1. The van der Waals surface area contributed by atoms with Gasteiger partial charge in [-0.1, -0.05) is 18.0 Å². The van der Waals surface area contributed by atoms with Crippen molar-refractivity contribution >= 4 is 34.6 Å². The number of fused-ring (bicyclic) bond motifs is 2. The van der Waals surface area contributed by atoms with Crippen LogP contribution < -0.4 is 5.32 Å². The number of amides is 1. The minimum atomic E-state index is -0.00808. The molecule has 1 heterocycles. The predicted octanol–water partition coefficient (Wildman–Crippen LogP) is 4.31. The second kappa shape index (κ2) is 6.71. The van der Waals surface area contributed by atoms with Crippen molar-refractivity contribution in [3.63, 3.8) is 0 Å². The first kappa shape index (κ1) is 16.0. The van der Waals surface area contributed by atoms with Crippen LogP contribution in [0, 0.1) is 17.8 Å². The van der Waals surface area contributed by atoms with Crippen molar-refractivity contribution in [1.29, 1.82) is 0 Å². The molecule has 2 bridgehead atoms. The first-order valence-corrected chi connectivity index (χ1v) is 9.30. The molecule has 0 aliphatic heterocycles. The molecule has 2 aliphatic carbocycles. The Hall–Kier alpha value is -0.870. The second-order valence-corrected chi connectivity index (χ2v) is 8.44. The molecule has 4 atom stereocenters. The van der Waals surface area contributed by atoms with E-state index in [0.717, 1.165) is 11.8 Å². The summed E-state index contributed by atoms with van der Waals surface area (Å²) in [7, 11) is 0. The standard InChI is InChI=1S/C17H22ClNO2S/c1-10(13-9-11-2-3-12(13)8-11)19-17(21)7-4-14(20)15-5-6-16(18)22-15/h5-6,10-13H,2-4,7-9H2,1H3,(H,19,21)/t10-,11+,12+,13+/m1/s1. The van der Waals surface area contributed by atoms with Crippen LogP contribution in [0.1, 0.15) is 55.1 Å². The Bertz CT molecular complexity index is 571. The van der Waals surface area contributed by atoms with Crippen molar-refractivity contribution < 1.29 is 9.59 Å². The fourth-order valence-electron chi connectivity index (χ4n) is 4.15. The van der Waals surface area contributed by atoms with Gasteiger partial charge in [-0.3, -0.25) is 9.59 Å². The van der Waals surface area contributed by atoms with Crippen molar-refractivity contribution in [2.75, 3.05) is 0 Å². The highest BCUT2D eigenvalue weighted by molar-refractivity contribution is 7.18. The summed E-state index contributed by atoms with van der Waals surface area (Å²) in [5.74, 6) is 2.31. The summed E-state index contributed by atoms with van der Waals surface area (Å²) in [4.78, 5) is 24.7. The molecule has 1 aromatic rings.